The van der Waals surface area contributed by atoms with Gasteiger partial charge in [-0.1, -0.05) is 27.7 Å². The first-order valence-electron chi connectivity index (χ1n) is 5.90. The summed E-state index contributed by atoms with van der Waals surface area (Å²) in [5, 5.41) is 20.3. The van der Waals surface area contributed by atoms with Crippen molar-refractivity contribution < 1.29 is 10.2 Å². The van der Waals surface area contributed by atoms with E-state index in [-0.39, 0.29) is 0 Å². The first-order chi connectivity index (χ1) is 6.88. The zero-order chi connectivity index (χ0) is 12.7. The Kier molecular flexibility index (Phi) is 27.7. The summed E-state index contributed by atoms with van der Waals surface area (Å²) in [5.74, 6) is 0. The molecule has 0 spiro atoms. The van der Waals surface area contributed by atoms with Gasteiger partial charge in [-0.2, -0.15) is 0 Å². The second-order valence-electron chi connectivity index (χ2n) is 3.95. The molecule has 0 aromatic carbocycles. The molecule has 0 aliphatic heterocycles. The van der Waals surface area contributed by atoms with Gasteiger partial charge in [0.2, 0.25) is 0 Å². The van der Waals surface area contributed by atoms with Crippen molar-refractivity contribution in [2.75, 3.05) is 0 Å². The van der Waals surface area contributed by atoms with Crippen LogP contribution in [0.2, 0.25) is 5.28 Å². The fraction of sp³-hybridized carbons (Fsp3) is 1.00. The summed E-state index contributed by atoms with van der Waals surface area (Å²) in [6.07, 6.45) is 4.73. The van der Waals surface area contributed by atoms with Gasteiger partial charge < -0.3 is 10.2 Å². The maximum atomic E-state index is 9.53. The van der Waals surface area contributed by atoms with E-state index in [1.165, 1.54) is 31.0 Å². The van der Waals surface area contributed by atoms with E-state index in [4.69, 9.17) is 0 Å². The summed E-state index contributed by atoms with van der Waals surface area (Å²) in [7, 11) is 0. The van der Waals surface area contributed by atoms with Crippen molar-refractivity contribution in [2.24, 2.45) is 0 Å². The van der Waals surface area contributed by atoms with Crippen LogP contribution < -0.4 is 10.2 Å². The molecule has 0 aromatic heterocycles. The second kappa shape index (κ2) is 19.9. The molecule has 90 valence electrons. The van der Waals surface area contributed by atoms with Crippen molar-refractivity contribution in [3.05, 3.63) is 0 Å². The minimum absolute atomic E-state index is 0.417. The van der Waals surface area contributed by atoms with E-state index in [0.29, 0.717) is 0 Å². The van der Waals surface area contributed by atoms with Gasteiger partial charge in [0.15, 0.2) is 0 Å². The Hall–Kier alpha value is 0.452. The van der Waals surface area contributed by atoms with Gasteiger partial charge in [-0.15, -0.1) is 12.2 Å². The van der Waals surface area contributed by atoms with Crippen LogP contribution in [-0.4, -0.2) is 28.5 Å². The minimum atomic E-state index is -0.417. The molecule has 0 aliphatic rings. The predicted octanol–water partition coefficient (Wildman–Crippen LogP) is 1.66. The average molecular weight is 230 g/mol. The second-order valence-corrected chi connectivity index (χ2v) is 4.52. The van der Waals surface area contributed by atoms with Crippen LogP contribution in [0.1, 0.15) is 60.3 Å². The molecule has 0 amide bonds. The normalized spacial score (nSPS) is 9.27. The zero-order valence-electron chi connectivity index (χ0n) is 11.1. The Bertz CT molecular complexity index is 70.2. The van der Waals surface area contributed by atoms with Crippen molar-refractivity contribution in [3.63, 3.8) is 0 Å². The summed E-state index contributed by atoms with van der Waals surface area (Å²) in [4.78, 5) is 0. The van der Waals surface area contributed by atoms with E-state index in [9.17, 15) is 10.2 Å². The van der Waals surface area contributed by atoms with E-state index >= 15 is 0 Å². The SMILES string of the molecule is CC(C)[O-].CC(C)[O-].CCCCC[CH2][Al+2]. The molecule has 0 saturated heterocycles. The van der Waals surface area contributed by atoms with Gasteiger partial charge in [0.25, 0.3) is 0 Å². The summed E-state index contributed by atoms with van der Waals surface area (Å²) in [5.41, 5.74) is 0. The van der Waals surface area contributed by atoms with Gasteiger partial charge in [0.05, 0.1) is 0 Å². The average Bonchev–Trinajstić information content (AvgIpc) is 2.03. The van der Waals surface area contributed by atoms with Crippen molar-refractivity contribution in [2.45, 2.75) is 77.8 Å². The molecule has 0 aliphatic carbocycles. The number of unbranched alkanes of at least 4 members (excludes halogenated alkanes) is 3. The predicted molar refractivity (Wildman–Crippen MR) is 65.0 cm³/mol. The standard InChI is InChI=1S/C6H13.2C3H7O.Al/c1-3-5-6-4-2;2*1-3(2)4;/h1,3-6H2,2H3;2*3H,1-2H3;/q;2*-1;+2. The number of hydrogen-bond acceptors (Lipinski definition) is 2. The van der Waals surface area contributed by atoms with Crippen LogP contribution in [0.4, 0.5) is 0 Å². The molecule has 0 N–H and O–H groups in total. The molecule has 2 nitrogen and oxygen atoms in total. The first kappa shape index (κ1) is 20.8. The molecule has 0 unspecified atom stereocenters. The fourth-order valence-electron chi connectivity index (χ4n) is 0.571. The van der Waals surface area contributed by atoms with Crippen molar-refractivity contribution in [1.82, 2.24) is 0 Å². The quantitative estimate of drug-likeness (QED) is 0.544. The molecule has 0 saturated carbocycles. The molecular formula is C12H27AlO2. The van der Waals surface area contributed by atoms with Crippen molar-refractivity contribution in [1.29, 1.82) is 0 Å². The van der Waals surface area contributed by atoms with E-state index < -0.39 is 12.2 Å². The van der Waals surface area contributed by atoms with Crippen LogP contribution in [0.25, 0.3) is 0 Å². The van der Waals surface area contributed by atoms with E-state index in [1.807, 2.05) is 0 Å². The van der Waals surface area contributed by atoms with E-state index in [2.05, 4.69) is 23.2 Å². The fourth-order valence-corrected chi connectivity index (χ4v) is 0.860. The Morgan fingerprint density at radius 3 is 1.40 bits per heavy atom. The Balaban J connectivity index is -0.000000155. The van der Waals surface area contributed by atoms with Gasteiger partial charge in [-0.3, -0.25) is 0 Å². The summed E-state index contributed by atoms with van der Waals surface area (Å²) in [6.45, 7) is 8.68. The molecule has 0 aromatic rings. The van der Waals surface area contributed by atoms with Crippen LogP contribution in [-0.2, 0) is 0 Å². The molecule has 0 radical (unpaired) electrons. The van der Waals surface area contributed by atoms with Crippen LogP contribution in [0.3, 0.4) is 0 Å². The third-order valence-electron chi connectivity index (χ3n) is 1.06. The number of hydrogen-bond donors (Lipinski definition) is 0. The van der Waals surface area contributed by atoms with Gasteiger partial charge >= 0.3 is 54.2 Å². The van der Waals surface area contributed by atoms with E-state index in [1.54, 1.807) is 27.7 Å². The molecule has 15 heavy (non-hydrogen) atoms. The van der Waals surface area contributed by atoms with Crippen LogP contribution >= 0.6 is 0 Å². The van der Waals surface area contributed by atoms with Gasteiger partial charge in [-0.25, -0.2) is 0 Å². The van der Waals surface area contributed by atoms with E-state index in [0.717, 1.165) is 0 Å². The third-order valence-corrected chi connectivity index (χ3v) is 1.47. The number of rotatable bonds is 4. The molecule has 0 rings (SSSR count). The molecular weight excluding hydrogens is 203 g/mol. The van der Waals surface area contributed by atoms with Crippen LogP contribution in [0.15, 0.2) is 0 Å². The molecule has 0 atom stereocenters. The Morgan fingerprint density at radius 2 is 1.20 bits per heavy atom. The summed E-state index contributed by atoms with van der Waals surface area (Å²) >= 11 is 2.75. The molecule has 0 heterocycles. The zero-order valence-corrected chi connectivity index (χ0v) is 12.2. The van der Waals surface area contributed by atoms with Gasteiger partial charge in [0, 0.05) is 0 Å². The van der Waals surface area contributed by atoms with Crippen molar-refractivity contribution in [3.8, 4) is 0 Å². The van der Waals surface area contributed by atoms with Gasteiger partial charge in [-0.05, 0) is 0 Å². The maximum absolute atomic E-state index is 9.53. The first-order valence-corrected chi connectivity index (χ1v) is 6.71. The summed E-state index contributed by atoms with van der Waals surface area (Å²) in [6, 6.07) is 0. The van der Waals surface area contributed by atoms with Crippen LogP contribution in [0, 0.1) is 0 Å². The molecule has 0 bridgehead atoms. The van der Waals surface area contributed by atoms with Crippen LogP contribution in [0.5, 0.6) is 0 Å². The third kappa shape index (κ3) is 113. The van der Waals surface area contributed by atoms with Crippen molar-refractivity contribution >= 4 is 16.3 Å². The van der Waals surface area contributed by atoms with Gasteiger partial charge in [0.1, 0.15) is 0 Å². The Morgan fingerprint density at radius 1 is 0.867 bits per heavy atom. The summed E-state index contributed by atoms with van der Waals surface area (Å²) < 4.78 is 0. The molecule has 3 heteroatoms. The monoisotopic (exact) mass is 230 g/mol. The topological polar surface area (TPSA) is 46.1 Å². The molecule has 0 fully saturated rings. The Labute approximate surface area is 105 Å².